The van der Waals surface area contributed by atoms with Crippen LogP contribution in [0.25, 0.3) is 0 Å². The van der Waals surface area contributed by atoms with E-state index < -0.39 is 27.9 Å². The number of nitrogens with one attached hydrogen (secondary N) is 2. The first kappa shape index (κ1) is 16.8. The molecule has 1 unspecified atom stereocenters. The Morgan fingerprint density at radius 3 is 2.50 bits per heavy atom. The van der Waals surface area contributed by atoms with Crippen molar-refractivity contribution in [3.05, 3.63) is 0 Å². The highest BCUT2D eigenvalue weighted by Crippen LogP contribution is 1.94. The Balaban J connectivity index is 3.93. The third-order valence-electron chi connectivity index (χ3n) is 2.04. The molecule has 0 bridgehead atoms. The fourth-order valence-electron chi connectivity index (χ4n) is 1.14. The molecular formula is C9H19N3O5S. The largest absolute Gasteiger partial charge is 0.481 e. The number of amides is 1. The molecule has 0 aromatic rings. The summed E-state index contributed by atoms with van der Waals surface area (Å²) in [6.07, 6.45) is -0.189. The van der Waals surface area contributed by atoms with Gasteiger partial charge in [-0.05, 0) is 6.42 Å². The predicted molar refractivity (Wildman–Crippen MR) is 65.3 cm³/mol. The van der Waals surface area contributed by atoms with Gasteiger partial charge >= 0.3 is 5.97 Å². The van der Waals surface area contributed by atoms with Crippen molar-refractivity contribution in [2.24, 2.45) is 5.73 Å². The number of hydrogen-bond donors (Lipinski definition) is 4. The van der Waals surface area contributed by atoms with Crippen molar-refractivity contribution in [1.29, 1.82) is 0 Å². The molecule has 0 saturated heterocycles. The van der Waals surface area contributed by atoms with E-state index in [-0.39, 0.29) is 31.7 Å². The van der Waals surface area contributed by atoms with E-state index in [9.17, 15) is 18.0 Å². The maximum absolute atomic E-state index is 11.4. The van der Waals surface area contributed by atoms with Gasteiger partial charge in [-0.3, -0.25) is 9.59 Å². The van der Waals surface area contributed by atoms with Gasteiger partial charge in [0.15, 0.2) is 0 Å². The molecule has 106 valence electrons. The molecule has 18 heavy (non-hydrogen) atoms. The minimum Gasteiger partial charge on any atom is -0.481 e. The molecular weight excluding hydrogens is 262 g/mol. The number of carboxylic acids is 1. The van der Waals surface area contributed by atoms with Gasteiger partial charge in [0.25, 0.3) is 0 Å². The number of nitrogens with two attached hydrogens (primary N) is 1. The van der Waals surface area contributed by atoms with Gasteiger partial charge < -0.3 is 16.2 Å². The van der Waals surface area contributed by atoms with E-state index in [2.05, 4.69) is 10.0 Å². The second-order valence-corrected chi connectivity index (χ2v) is 5.57. The molecule has 1 amide bonds. The van der Waals surface area contributed by atoms with Gasteiger partial charge in [0, 0.05) is 19.5 Å². The van der Waals surface area contributed by atoms with Crippen molar-refractivity contribution >= 4 is 21.9 Å². The Morgan fingerprint density at radius 1 is 1.39 bits per heavy atom. The highest BCUT2D eigenvalue weighted by atomic mass is 32.2. The Bertz CT molecular complexity index is 382. The number of carbonyl (C=O) groups is 2. The van der Waals surface area contributed by atoms with Crippen LogP contribution in [-0.4, -0.2) is 50.3 Å². The third-order valence-corrected chi connectivity index (χ3v) is 3.51. The molecule has 0 aliphatic carbocycles. The van der Waals surface area contributed by atoms with Gasteiger partial charge in [-0.2, -0.15) is 0 Å². The lowest BCUT2D eigenvalue weighted by molar-refractivity contribution is -0.137. The molecule has 0 aromatic carbocycles. The van der Waals surface area contributed by atoms with E-state index in [1.165, 1.54) is 0 Å². The molecule has 5 N–H and O–H groups in total. The standard InChI is InChI=1S/C9H19N3O5S/c1-2-12-18(16,17)6-5-11-9(15)7(10)3-4-8(13)14/h7,12H,2-6,10H2,1H3,(H,11,15)(H,13,14). The average molecular weight is 281 g/mol. The number of sulfonamides is 1. The quantitative estimate of drug-likeness (QED) is 0.394. The van der Waals surface area contributed by atoms with Crippen LogP contribution in [0.2, 0.25) is 0 Å². The fraction of sp³-hybridized carbons (Fsp3) is 0.778. The first-order chi connectivity index (χ1) is 8.28. The number of carboxylic acid groups (broad SMARTS) is 1. The summed E-state index contributed by atoms with van der Waals surface area (Å²) < 4.78 is 24.7. The first-order valence-electron chi connectivity index (χ1n) is 5.51. The van der Waals surface area contributed by atoms with Crippen molar-refractivity contribution in [1.82, 2.24) is 10.0 Å². The topological polar surface area (TPSA) is 139 Å². The minimum atomic E-state index is -3.38. The predicted octanol–water partition coefficient (Wildman–Crippen LogP) is -1.77. The Morgan fingerprint density at radius 2 is 2.00 bits per heavy atom. The molecule has 0 heterocycles. The molecule has 0 aliphatic rings. The third kappa shape index (κ3) is 7.98. The van der Waals surface area contributed by atoms with Crippen LogP contribution in [0.5, 0.6) is 0 Å². The summed E-state index contributed by atoms with van der Waals surface area (Å²) in [4.78, 5) is 21.6. The summed E-state index contributed by atoms with van der Waals surface area (Å²) in [5.41, 5.74) is 5.43. The number of rotatable bonds is 9. The summed E-state index contributed by atoms with van der Waals surface area (Å²) in [6, 6.07) is -0.942. The van der Waals surface area contributed by atoms with Gasteiger partial charge in [0.05, 0.1) is 11.8 Å². The lowest BCUT2D eigenvalue weighted by atomic mass is 10.1. The van der Waals surface area contributed by atoms with E-state index in [1.54, 1.807) is 6.92 Å². The van der Waals surface area contributed by atoms with Gasteiger partial charge in [-0.25, -0.2) is 13.1 Å². The van der Waals surface area contributed by atoms with Crippen LogP contribution in [-0.2, 0) is 19.6 Å². The Hall–Kier alpha value is -1.19. The second-order valence-electron chi connectivity index (χ2n) is 3.65. The lowest BCUT2D eigenvalue weighted by Gasteiger charge is -2.11. The maximum atomic E-state index is 11.4. The highest BCUT2D eigenvalue weighted by molar-refractivity contribution is 7.89. The summed E-state index contributed by atoms with van der Waals surface area (Å²) in [6.45, 7) is 1.88. The van der Waals surface area contributed by atoms with Crippen LogP contribution in [0.15, 0.2) is 0 Å². The molecule has 1 atom stereocenters. The normalized spacial score (nSPS) is 13.0. The van der Waals surface area contributed by atoms with Crippen molar-refractivity contribution in [2.45, 2.75) is 25.8 Å². The number of carbonyl (C=O) groups excluding carboxylic acids is 1. The van der Waals surface area contributed by atoms with Crippen molar-refractivity contribution < 1.29 is 23.1 Å². The van der Waals surface area contributed by atoms with Gasteiger partial charge in [-0.1, -0.05) is 6.92 Å². The van der Waals surface area contributed by atoms with Crippen LogP contribution in [0, 0.1) is 0 Å². The Labute approximate surface area is 106 Å². The average Bonchev–Trinajstić information content (AvgIpc) is 2.25. The summed E-state index contributed by atoms with van der Waals surface area (Å²) in [5.74, 6) is -1.82. The maximum Gasteiger partial charge on any atom is 0.303 e. The van der Waals surface area contributed by atoms with Crippen molar-refractivity contribution in [2.75, 3.05) is 18.8 Å². The zero-order chi connectivity index (χ0) is 14.2. The second kappa shape index (κ2) is 8.01. The van der Waals surface area contributed by atoms with Gasteiger partial charge in [-0.15, -0.1) is 0 Å². The SMILES string of the molecule is CCNS(=O)(=O)CCNC(=O)C(N)CCC(=O)O. The van der Waals surface area contributed by atoms with Gasteiger partial charge in [0.2, 0.25) is 15.9 Å². The van der Waals surface area contributed by atoms with Gasteiger partial charge in [0.1, 0.15) is 0 Å². The van der Waals surface area contributed by atoms with Crippen molar-refractivity contribution in [3.8, 4) is 0 Å². The Kier molecular flexibility index (Phi) is 7.48. The van der Waals surface area contributed by atoms with Crippen LogP contribution < -0.4 is 15.8 Å². The van der Waals surface area contributed by atoms with E-state index in [0.717, 1.165) is 0 Å². The van der Waals surface area contributed by atoms with Crippen molar-refractivity contribution in [3.63, 3.8) is 0 Å². The summed E-state index contributed by atoms with van der Waals surface area (Å²) in [5, 5.41) is 10.8. The molecule has 8 nitrogen and oxygen atoms in total. The van der Waals surface area contributed by atoms with Crippen LogP contribution in [0.1, 0.15) is 19.8 Å². The molecule has 0 radical (unpaired) electrons. The van der Waals surface area contributed by atoms with E-state index in [1.807, 2.05) is 0 Å². The molecule has 0 saturated carbocycles. The van der Waals surface area contributed by atoms with Crippen LogP contribution in [0.4, 0.5) is 0 Å². The highest BCUT2D eigenvalue weighted by Gasteiger charge is 2.15. The number of hydrogen-bond acceptors (Lipinski definition) is 5. The summed E-state index contributed by atoms with van der Waals surface area (Å²) in [7, 11) is -3.38. The molecule has 0 spiro atoms. The number of aliphatic carboxylic acids is 1. The molecule has 0 aliphatic heterocycles. The summed E-state index contributed by atoms with van der Waals surface area (Å²) >= 11 is 0. The lowest BCUT2D eigenvalue weighted by Crippen LogP contribution is -2.43. The molecule has 0 fully saturated rings. The smallest absolute Gasteiger partial charge is 0.303 e. The zero-order valence-electron chi connectivity index (χ0n) is 10.2. The monoisotopic (exact) mass is 281 g/mol. The first-order valence-corrected chi connectivity index (χ1v) is 7.16. The minimum absolute atomic E-state index is 0.0150. The fourth-order valence-corrected chi connectivity index (χ4v) is 2.10. The molecule has 0 aromatic heterocycles. The van der Waals surface area contributed by atoms with E-state index in [4.69, 9.17) is 10.8 Å². The van der Waals surface area contributed by atoms with Crippen LogP contribution >= 0.6 is 0 Å². The molecule has 0 rings (SSSR count). The zero-order valence-corrected chi connectivity index (χ0v) is 11.0. The van der Waals surface area contributed by atoms with Crippen LogP contribution in [0.3, 0.4) is 0 Å². The molecule has 9 heteroatoms. The van der Waals surface area contributed by atoms with E-state index >= 15 is 0 Å². The van der Waals surface area contributed by atoms with E-state index in [0.29, 0.717) is 0 Å².